The van der Waals surface area contributed by atoms with Gasteiger partial charge in [-0.1, -0.05) is 11.6 Å². The van der Waals surface area contributed by atoms with Crippen molar-refractivity contribution in [2.45, 2.75) is 0 Å². The van der Waals surface area contributed by atoms with E-state index < -0.39 is 0 Å². The number of nitrogens with zero attached hydrogens (tertiary/aromatic N) is 2. The fraction of sp³-hybridized carbons (Fsp3) is 0.545. The topological polar surface area (TPSA) is 34.6 Å². The predicted molar refractivity (Wildman–Crippen MR) is 65.2 cm³/mol. The fourth-order valence-electron chi connectivity index (χ4n) is 1.30. The van der Waals surface area contributed by atoms with Crippen LogP contribution in [0.2, 0.25) is 5.02 Å². The van der Waals surface area contributed by atoms with Crippen molar-refractivity contribution in [1.82, 2.24) is 4.98 Å². The van der Waals surface area contributed by atoms with Crippen molar-refractivity contribution in [3.05, 3.63) is 23.4 Å². The van der Waals surface area contributed by atoms with E-state index in [2.05, 4.69) is 9.88 Å². The summed E-state index contributed by atoms with van der Waals surface area (Å²) in [7, 11) is 3.37. The maximum absolute atomic E-state index is 5.79. The summed E-state index contributed by atoms with van der Waals surface area (Å²) < 4.78 is 10.1. The van der Waals surface area contributed by atoms with Gasteiger partial charge in [-0.05, 0) is 12.1 Å². The molecule has 0 amide bonds. The zero-order valence-electron chi connectivity index (χ0n) is 9.65. The number of methoxy groups -OCH3 is 2. The third-order valence-corrected chi connectivity index (χ3v) is 2.39. The lowest BCUT2D eigenvalue weighted by Crippen LogP contribution is -2.31. The van der Waals surface area contributed by atoms with E-state index in [1.165, 1.54) is 0 Å². The molecule has 0 saturated carbocycles. The number of hydrogen-bond acceptors (Lipinski definition) is 4. The Hall–Kier alpha value is -0.840. The average molecular weight is 245 g/mol. The molecule has 0 radical (unpaired) electrons. The zero-order chi connectivity index (χ0) is 11.8. The number of rotatable bonds is 7. The smallest absolute Gasteiger partial charge is 0.128 e. The summed E-state index contributed by atoms with van der Waals surface area (Å²) in [6, 6.07) is 3.73. The zero-order valence-corrected chi connectivity index (χ0v) is 10.4. The first-order chi connectivity index (χ1) is 7.77. The molecule has 0 N–H and O–H groups in total. The Kier molecular flexibility index (Phi) is 6.15. The molecule has 1 rings (SSSR count). The lowest BCUT2D eigenvalue weighted by atomic mass is 10.4. The molecule has 1 aromatic rings. The molecule has 0 aliphatic carbocycles. The van der Waals surface area contributed by atoms with Crippen LogP contribution in [0, 0.1) is 0 Å². The van der Waals surface area contributed by atoms with Crippen LogP contribution >= 0.6 is 11.6 Å². The Labute approximate surface area is 101 Å². The van der Waals surface area contributed by atoms with Crippen molar-refractivity contribution in [1.29, 1.82) is 0 Å². The minimum Gasteiger partial charge on any atom is -0.383 e. The maximum Gasteiger partial charge on any atom is 0.128 e. The van der Waals surface area contributed by atoms with Crippen molar-refractivity contribution in [3.63, 3.8) is 0 Å². The van der Waals surface area contributed by atoms with E-state index in [1.807, 2.05) is 12.1 Å². The van der Waals surface area contributed by atoms with Gasteiger partial charge in [0.05, 0.1) is 18.2 Å². The fourth-order valence-corrected chi connectivity index (χ4v) is 1.41. The molecule has 0 spiro atoms. The first-order valence-corrected chi connectivity index (χ1v) is 5.50. The minimum absolute atomic E-state index is 0.641. The predicted octanol–water partition coefficient (Wildman–Crippen LogP) is 1.83. The van der Waals surface area contributed by atoms with Gasteiger partial charge >= 0.3 is 0 Å². The molecular weight excluding hydrogens is 228 g/mol. The van der Waals surface area contributed by atoms with Crippen LogP contribution in [0.25, 0.3) is 0 Å². The van der Waals surface area contributed by atoms with Crippen molar-refractivity contribution >= 4 is 17.4 Å². The molecule has 0 saturated heterocycles. The van der Waals surface area contributed by atoms with Crippen LogP contribution in [0.3, 0.4) is 0 Å². The summed E-state index contributed by atoms with van der Waals surface area (Å²) in [4.78, 5) is 6.37. The average Bonchev–Trinajstić information content (AvgIpc) is 2.31. The SMILES string of the molecule is COCCN(CCOC)c1ccc(Cl)cn1. The Balaban J connectivity index is 2.62. The van der Waals surface area contributed by atoms with Gasteiger partial charge in [0, 0.05) is 33.5 Å². The molecular formula is C11H17ClN2O2. The lowest BCUT2D eigenvalue weighted by Gasteiger charge is -2.22. The number of pyridine rings is 1. The van der Waals surface area contributed by atoms with E-state index in [9.17, 15) is 0 Å². The van der Waals surface area contributed by atoms with Crippen LogP contribution in [0.1, 0.15) is 0 Å². The number of hydrogen-bond donors (Lipinski definition) is 0. The summed E-state index contributed by atoms with van der Waals surface area (Å²) in [5.74, 6) is 0.888. The number of halogens is 1. The third-order valence-electron chi connectivity index (χ3n) is 2.17. The molecule has 0 unspecified atom stereocenters. The van der Waals surface area contributed by atoms with Gasteiger partial charge in [-0.15, -0.1) is 0 Å². The molecule has 1 heterocycles. The van der Waals surface area contributed by atoms with Crippen molar-refractivity contribution < 1.29 is 9.47 Å². The molecule has 0 aliphatic rings. The highest BCUT2D eigenvalue weighted by Gasteiger charge is 2.06. The second-order valence-electron chi connectivity index (χ2n) is 3.31. The second-order valence-corrected chi connectivity index (χ2v) is 3.74. The Morgan fingerprint density at radius 2 is 1.81 bits per heavy atom. The highest BCUT2D eigenvalue weighted by atomic mass is 35.5. The summed E-state index contributed by atoms with van der Waals surface area (Å²) >= 11 is 5.79. The van der Waals surface area contributed by atoms with E-state index in [1.54, 1.807) is 20.4 Å². The first kappa shape index (κ1) is 13.2. The second kappa shape index (κ2) is 7.44. The molecule has 0 aliphatic heterocycles. The van der Waals surface area contributed by atoms with Crippen LogP contribution in [-0.4, -0.2) is 45.5 Å². The molecule has 0 fully saturated rings. The van der Waals surface area contributed by atoms with Crippen molar-refractivity contribution in [2.75, 3.05) is 45.4 Å². The number of anilines is 1. The van der Waals surface area contributed by atoms with Crippen molar-refractivity contribution in [2.24, 2.45) is 0 Å². The minimum atomic E-state index is 0.641. The first-order valence-electron chi connectivity index (χ1n) is 5.12. The molecule has 0 atom stereocenters. The normalized spacial score (nSPS) is 10.4. The summed E-state index contributed by atoms with van der Waals surface area (Å²) in [5.41, 5.74) is 0. The molecule has 16 heavy (non-hydrogen) atoms. The van der Waals surface area contributed by atoms with Gasteiger partial charge in [0.15, 0.2) is 0 Å². The van der Waals surface area contributed by atoms with E-state index in [0.717, 1.165) is 18.9 Å². The van der Waals surface area contributed by atoms with E-state index in [4.69, 9.17) is 21.1 Å². The molecule has 1 aromatic heterocycles. The van der Waals surface area contributed by atoms with Gasteiger partial charge in [-0.3, -0.25) is 0 Å². The maximum atomic E-state index is 5.79. The van der Waals surface area contributed by atoms with Crippen LogP contribution in [-0.2, 0) is 9.47 Å². The summed E-state index contributed by atoms with van der Waals surface area (Å²) in [5, 5.41) is 0.641. The third kappa shape index (κ3) is 4.35. The summed E-state index contributed by atoms with van der Waals surface area (Å²) in [6.07, 6.45) is 1.64. The Morgan fingerprint density at radius 3 is 2.25 bits per heavy atom. The van der Waals surface area contributed by atoms with Crippen LogP contribution in [0.5, 0.6) is 0 Å². The van der Waals surface area contributed by atoms with E-state index in [-0.39, 0.29) is 0 Å². The van der Waals surface area contributed by atoms with E-state index in [0.29, 0.717) is 18.2 Å². The van der Waals surface area contributed by atoms with Gasteiger partial charge in [0.25, 0.3) is 0 Å². The highest BCUT2D eigenvalue weighted by molar-refractivity contribution is 6.30. The molecule has 4 nitrogen and oxygen atoms in total. The van der Waals surface area contributed by atoms with Gasteiger partial charge < -0.3 is 14.4 Å². The lowest BCUT2D eigenvalue weighted by molar-refractivity contribution is 0.190. The molecule has 0 bridgehead atoms. The quantitative estimate of drug-likeness (QED) is 0.733. The van der Waals surface area contributed by atoms with E-state index >= 15 is 0 Å². The Morgan fingerprint density at radius 1 is 1.19 bits per heavy atom. The monoisotopic (exact) mass is 244 g/mol. The van der Waals surface area contributed by atoms with Gasteiger partial charge in [-0.25, -0.2) is 4.98 Å². The largest absolute Gasteiger partial charge is 0.383 e. The van der Waals surface area contributed by atoms with Crippen LogP contribution in [0.15, 0.2) is 18.3 Å². The molecule has 90 valence electrons. The van der Waals surface area contributed by atoms with Crippen LogP contribution in [0.4, 0.5) is 5.82 Å². The van der Waals surface area contributed by atoms with Crippen LogP contribution < -0.4 is 4.90 Å². The van der Waals surface area contributed by atoms with Crippen molar-refractivity contribution in [3.8, 4) is 0 Å². The highest BCUT2D eigenvalue weighted by Crippen LogP contribution is 2.13. The number of aromatic nitrogens is 1. The summed E-state index contributed by atoms with van der Waals surface area (Å²) in [6.45, 7) is 2.89. The van der Waals surface area contributed by atoms with Gasteiger partial charge in [0.2, 0.25) is 0 Å². The van der Waals surface area contributed by atoms with Gasteiger partial charge in [0.1, 0.15) is 5.82 Å². The van der Waals surface area contributed by atoms with Gasteiger partial charge in [-0.2, -0.15) is 0 Å². The molecule has 0 aromatic carbocycles. The molecule has 5 heteroatoms. The number of ether oxygens (including phenoxy) is 2. The Bertz CT molecular complexity index is 285. The standard InChI is InChI=1S/C11H17ClN2O2/c1-15-7-5-14(6-8-16-2)11-4-3-10(12)9-13-11/h3-4,9H,5-8H2,1-2H3.